The molecule has 2 heterocycles. The number of para-hydroxylation sites is 1. The van der Waals surface area contributed by atoms with Crippen LogP contribution in [0.4, 0.5) is 5.69 Å². The van der Waals surface area contributed by atoms with Gasteiger partial charge in [0.05, 0.1) is 10.6 Å². The molecule has 1 N–H and O–H groups in total. The maximum Gasteiger partial charge on any atom is 0.269 e. The second-order valence-corrected chi connectivity index (χ2v) is 6.42. The average Bonchev–Trinajstić information content (AvgIpc) is 3.11. The minimum atomic E-state index is -0.199. The van der Waals surface area contributed by atoms with Gasteiger partial charge in [-0.25, -0.2) is 0 Å². The fourth-order valence-corrected chi connectivity index (χ4v) is 3.40. The van der Waals surface area contributed by atoms with Crippen LogP contribution in [0, 0.1) is 0 Å². The molecule has 0 bridgehead atoms. The van der Waals surface area contributed by atoms with Crippen LogP contribution < -0.4 is 5.32 Å². The maximum absolute atomic E-state index is 12.3. The van der Waals surface area contributed by atoms with Crippen LogP contribution in [0.3, 0.4) is 0 Å². The minimum Gasteiger partial charge on any atom is -0.320 e. The lowest BCUT2D eigenvalue weighted by molar-refractivity contribution is 0.103. The van der Waals surface area contributed by atoms with Crippen LogP contribution in [0.5, 0.6) is 0 Å². The van der Waals surface area contributed by atoms with Gasteiger partial charge in [0.25, 0.3) is 5.91 Å². The number of amides is 1. The lowest BCUT2D eigenvalue weighted by Crippen LogP contribution is -2.11. The summed E-state index contributed by atoms with van der Waals surface area (Å²) in [5, 5.41) is 8.86. The molecular formula is C13H8BrN3OS2. The van der Waals surface area contributed by atoms with E-state index in [1.54, 1.807) is 0 Å². The zero-order chi connectivity index (χ0) is 13.9. The van der Waals surface area contributed by atoms with Crippen molar-refractivity contribution in [3.8, 4) is 10.6 Å². The van der Waals surface area contributed by atoms with Gasteiger partial charge in [-0.3, -0.25) is 4.79 Å². The van der Waals surface area contributed by atoms with Gasteiger partial charge in [0.1, 0.15) is 10.6 Å². The van der Waals surface area contributed by atoms with E-state index in [2.05, 4.69) is 30.8 Å². The molecule has 1 aromatic carbocycles. The molecule has 3 rings (SSSR count). The van der Waals surface area contributed by atoms with E-state index in [1.807, 2.05) is 41.8 Å². The quantitative estimate of drug-likeness (QED) is 0.753. The molecule has 0 aliphatic heterocycles. The molecule has 3 aromatic rings. The number of hydrogen-bond donors (Lipinski definition) is 1. The number of halogens is 1. The smallest absolute Gasteiger partial charge is 0.269 e. The number of benzene rings is 1. The molecule has 0 aliphatic carbocycles. The normalized spacial score (nSPS) is 10.4. The van der Waals surface area contributed by atoms with Gasteiger partial charge in [-0.05, 0) is 51.0 Å². The maximum atomic E-state index is 12.3. The Bertz CT molecular complexity index is 740. The molecule has 0 aliphatic rings. The van der Waals surface area contributed by atoms with Crippen molar-refractivity contribution >= 4 is 50.4 Å². The van der Waals surface area contributed by atoms with Gasteiger partial charge in [-0.15, -0.1) is 16.4 Å². The predicted molar refractivity (Wildman–Crippen MR) is 85.3 cm³/mol. The van der Waals surface area contributed by atoms with Gasteiger partial charge in [0, 0.05) is 4.47 Å². The van der Waals surface area contributed by atoms with Gasteiger partial charge >= 0.3 is 0 Å². The number of hydrogen-bond acceptors (Lipinski definition) is 5. The molecule has 7 heteroatoms. The Hall–Kier alpha value is -1.57. The Morgan fingerprint density at radius 2 is 2.05 bits per heavy atom. The summed E-state index contributed by atoms with van der Waals surface area (Å²) in [6.07, 6.45) is 0. The average molecular weight is 366 g/mol. The fraction of sp³-hybridized carbons (Fsp3) is 0. The Morgan fingerprint density at radius 1 is 1.20 bits per heavy atom. The van der Waals surface area contributed by atoms with Crippen molar-refractivity contribution in [2.24, 2.45) is 0 Å². The van der Waals surface area contributed by atoms with Crippen molar-refractivity contribution in [3.63, 3.8) is 0 Å². The molecule has 4 nitrogen and oxygen atoms in total. The third kappa shape index (κ3) is 2.65. The standard InChI is InChI=1S/C13H8BrN3OS2/c14-8-4-1-2-5-9(8)15-13(18)12-11(16-17-20-12)10-6-3-7-19-10/h1-7H,(H,15,18). The highest BCUT2D eigenvalue weighted by molar-refractivity contribution is 9.10. The van der Waals surface area contributed by atoms with Crippen LogP contribution in [-0.2, 0) is 0 Å². The van der Waals surface area contributed by atoms with Gasteiger partial charge < -0.3 is 5.32 Å². The number of nitrogens with zero attached hydrogens (tertiary/aromatic N) is 2. The molecule has 0 saturated carbocycles. The molecule has 1 amide bonds. The van der Waals surface area contributed by atoms with E-state index in [-0.39, 0.29) is 5.91 Å². The van der Waals surface area contributed by atoms with E-state index in [4.69, 9.17) is 0 Å². The highest BCUT2D eigenvalue weighted by Gasteiger charge is 2.19. The summed E-state index contributed by atoms with van der Waals surface area (Å²) >= 11 is 6.04. The van der Waals surface area contributed by atoms with Crippen LogP contribution in [-0.4, -0.2) is 15.5 Å². The van der Waals surface area contributed by atoms with E-state index < -0.39 is 0 Å². The molecule has 0 fully saturated rings. The van der Waals surface area contributed by atoms with Crippen LogP contribution in [0.2, 0.25) is 0 Å². The SMILES string of the molecule is O=C(Nc1ccccc1Br)c1snnc1-c1cccs1. The van der Waals surface area contributed by atoms with E-state index >= 15 is 0 Å². The summed E-state index contributed by atoms with van der Waals surface area (Å²) in [7, 11) is 0. The largest absolute Gasteiger partial charge is 0.320 e. The zero-order valence-corrected chi connectivity index (χ0v) is 13.3. The Morgan fingerprint density at radius 3 is 2.80 bits per heavy atom. The third-order valence-electron chi connectivity index (χ3n) is 2.57. The number of carbonyl (C=O) groups excluding carboxylic acids is 1. The van der Waals surface area contributed by atoms with Crippen molar-refractivity contribution < 1.29 is 4.79 Å². The van der Waals surface area contributed by atoms with Crippen LogP contribution in [0.15, 0.2) is 46.3 Å². The topological polar surface area (TPSA) is 54.9 Å². The second-order valence-electron chi connectivity index (χ2n) is 3.86. The first-order valence-corrected chi connectivity index (χ1v) is 8.12. The number of rotatable bonds is 3. The second kappa shape index (κ2) is 5.82. The van der Waals surface area contributed by atoms with Gasteiger partial charge in [0.15, 0.2) is 0 Å². The first kappa shape index (κ1) is 13.4. The fourth-order valence-electron chi connectivity index (χ4n) is 1.66. The van der Waals surface area contributed by atoms with Crippen LogP contribution in [0.1, 0.15) is 9.67 Å². The van der Waals surface area contributed by atoms with Crippen molar-refractivity contribution in [3.05, 3.63) is 51.1 Å². The van der Waals surface area contributed by atoms with Gasteiger partial charge in [-0.2, -0.15) is 0 Å². The molecule has 0 unspecified atom stereocenters. The lowest BCUT2D eigenvalue weighted by Gasteiger charge is -2.05. The van der Waals surface area contributed by atoms with Crippen molar-refractivity contribution in [2.75, 3.05) is 5.32 Å². The molecule has 2 aromatic heterocycles. The summed E-state index contributed by atoms with van der Waals surface area (Å²) in [4.78, 5) is 13.8. The number of aromatic nitrogens is 2. The summed E-state index contributed by atoms with van der Waals surface area (Å²) in [6.45, 7) is 0. The van der Waals surface area contributed by atoms with Crippen molar-refractivity contribution in [1.29, 1.82) is 0 Å². The summed E-state index contributed by atoms with van der Waals surface area (Å²) in [5.74, 6) is -0.199. The highest BCUT2D eigenvalue weighted by Crippen LogP contribution is 2.29. The van der Waals surface area contributed by atoms with E-state index in [1.165, 1.54) is 11.3 Å². The molecule has 0 atom stereocenters. The van der Waals surface area contributed by atoms with Crippen LogP contribution >= 0.6 is 38.8 Å². The Kier molecular flexibility index (Phi) is 3.90. The first-order valence-electron chi connectivity index (χ1n) is 5.68. The molecule has 0 saturated heterocycles. The summed E-state index contributed by atoms with van der Waals surface area (Å²) in [6, 6.07) is 11.3. The number of anilines is 1. The van der Waals surface area contributed by atoms with E-state index in [0.717, 1.165) is 26.6 Å². The zero-order valence-electron chi connectivity index (χ0n) is 10.0. The molecule has 0 spiro atoms. The monoisotopic (exact) mass is 365 g/mol. The number of nitrogens with one attached hydrogen (secondary N) is 1. The molecule has 100 valence electrons. The summed E-state index contributed by atoms with van der Waals surface area (Å²) in [5.41, 5.74) is 1.36. The summed E-state index contributed by atoms with van der Waals surface area (Å²) < 4.78 is 4.73. The Balaban J connectivity index is 1.89. The molecule has 0 radical (unpaired) electrons. The van der Waals surface area contributed by atoms with E-state index in [9.17, 15) is 4.79 Å². The third-order valence-corrected chi connectivity index (χ3v) is 4.86. The first-order chi connectivity index (χ1) is 9.75. The van der Waals surface area contributed by atoms with E-state index in [0.29, 0.717) is 10.6 Å². The highest BCUT2D eigenvalue weighted by atomic mass is 79.9. The van der Waals surface area contributed by atoms with Crippen molar-refractivity contribution in [2.45, 2.75) is 0 Å². The predicted octanol–water partition coefficient (Wildman–Crippen LogP) is 4.28. The lowest BCUT2D eigenvalue weighted by atomic mass is 10.2. The minimum absolute atomic E-state index is 0.199. The van der Waals surface area contributed by atoms with Gasteiger partial charge in [-0.1, -0.05) is 22.7 Å². The molecule has 20 heavy (non-hydrogen) atoms. The Labute approximate surface area is 131 Å². The van der Waals surface area contributed by atoms with Crippen molar-refractivity contribution in [1.82, 2.24) is 9.59 Å². The number of carbonyl (C=O) groups is 1. The van der Waals surface area contributed by atoms with Crippen LogP contribution in [0.25, 0.3) is 10.6 Å². The molecular weight excluding hydrogens is 358 g/mol. The number of thiophene rings is 1. The van der Waals surface area contributed by atoms with Gasteiger partial charge in [0.2, 0.25) is 0 Å².